The first kappa shape index (κ1) is 28.6. The molecule has 0 bridgehead atoms. The van der Waals surface area contributed by atoms with Gasteiger partial charge < -0.3 is 14.4 Å². The van der Waals surface area contributed by atoms with E-state index < -0.39 is 49.9 Å². The van der Waals surface area contributed by atoms with Gasteiger partial charge in [0.15, 0.2) is 11.6 Å². The molecule has 12 heteroatoms. The molecule has 3 rings (SSSR count). The molecule has 0 spiro atoms. The number of halogens is 3. The summed E-state index contributed by atoms with van der Waals surface area (Å²) >= 11 is 6.02. The third-order valence-corrected chi connectivity index (χ3v) is 7.39. The number of hydrogen-bond acceptors (Lipinski definition) is 6. The summed E-state index contributed by atoms with van der Waals surface area (Å²) in [7, 11) is -4.58. The van der Waals surface area contributed by atoms with E-state index in [2.05, 4.69) is 0 Å². The SMILES string of the molecule is CC(=O)NS(=O)(=O)c1cc(F)c(OC[C@@H]2CN(C(=O)OC(C)(C)C)CC[C@H]2c2ccc(Cl)cc2)cc1F. The number of benzene rings is 2. The maximum atomic E-state index is 14.7. The minimum Gasteiger partial charge on any atom is -0.490 e. The van der Waals surface area contributed by atoms with E-state index in [1.54, 1.807) is 42.5 Å². The molecule has 1 saturated heterocycles. The van der Waals surface area contributed by atoms with Gasteiger partial charge in [-0.05, 0) is 50.8 Å². The molecule has 1 N–H and O–H groups in total. The summed E-state index contributed by atoms with van der Waals surface area (Å²) in [4.78, 5) is 24.3. The van der Waals surface area contributed by atoms with Crippen LogP contribution in [0.15, 0.2) is 41.3 Å². The second-order valence-electron chi connectivity index (χ2n) is 9.82. The van der Waals surface area contributed by atoms with Crippen molar-refractivity contribution in [1.82, 2.24) is 9.62 Å². The minimum absolute atomic E-state index is 0.0803. The summed E-state index contributed by atoms with van der Waals surface area (Å²) in [5.74, 6) is -4.24. The van der Waals surface area contributed by atoms with Gasteiger partial charge in [-0.2, -0.15) is 0 Å². The number of carbonyl (C=O) groups is 2. The molecule has 1 heterocycles. The highest BCUT2D eigenvalue weighted by Crippen LogP contribution is 2.35. The molecule has 1 aliphatic heterocycles. The van der Waals surface area contributed by atoms with Crippen LogP contribution in [0.3, 0.4) is 0 Å². The van der Waals surface area contributed by atoms with E-state index in [4.69, 9.17) is 21.1 Å². The van der Waals surface area contributed by atoms with Crippen molar-refractivity contribution in [3.8, 4) is 5.75 Å². The van der Waals surface area contributed by atoms with Gasteiger partial charge in [-0.15, -0.1) is 0 Å². The molecular formula is C25H29ClF2N2O6S. The molecular weight excluding hydrogens is 530 g/mol. The van der Waals surface area contributed by atoms with Crippen molar-refractivity contribution in [1.29, 1.82) is 0 Å². The monoisotopic (exact) mass is 558 g/mol. The van der Waals surface area contributed by atoms with Gasteiger partial charge in [0.1, 0.15) is 16.3 Å². The molecule has 2 atom stereocenters. The van der Waals surface area contributed by atoms with E-state index in [1.165, 1.54) is 0 Å². The van der Waals surface area contributed by atoms with Crippen molar-refractivity contribution in [2.45, 2.75) is 50.5 Å². The molecule has 0 radical (unpaired) electrons. The van der Waals surface area contributed by atoms with Crippen LogP contribution in [-0.2, 0) is 19.6 Å². The maximum Gasteiger partial charge on any atom is 0.410 e. The number of piperidine rings is 1. The van der Waals surface area contributed by atoms with Crippen LogP contribution in [0.1, 0.15) is 45.6 Å². The largest absolute Gasteiger partial charge is 0.490 e. The van der Waals surface area contributed by atoms with Crippen molar-refractivity contribution < 1.29 is 36.3 Å². The fourth-order valence-electron chi connectivity index (χ4n) is 4.11. The van der Waals surface area contributed by atoms with Crippen LogP contribution < -0.4 is 9.46 Å². The molecule has 2 aromatic carbocycles. The molecule has 0 saturated carbocycles. The number of sulfonamides is 1. The Bertz CT molecular complexity index is 1270. The van der Waals surface area contributed by atoms with Gasteiger partial charge in [-0.25, -0.2) is 26.7 Å². The molecule has 202 valence electrons. The molecule has 0 unspecified atom stereocenters. The fraction of sp³-hybridized carbons (Fsp3) is 0.440. The standard InChI is InChI=1S/C25H29ClF2N2O6S/c1-15(31)29-37(33,34)23-12-20(27)22(11-21(23)28)35-14-17-13-30(24(32)36-25(2,3)4)10-9-19(17)16-5-7-18(26)8-6-16/h5-8,11-12,17,19H,9-10,13-14H2,1-4H3,(H,29,31)/t17-,19-/m0/s1. The lowest BCUT2D eigenvalue weighted by molar-refractivity contribution is -0.117. The van der Waals surface area contributed by atoms with Gasteiger partial charge in [0.25, 0.3) is 10.0 Å². The lowest BCUT2D eigenvalue weighted by Crippen LogP contribution is -2.46. The normalized spacial score (nSPS) is 18.3. The number of carbonyl (C=O) groups excluding carboxylic acids is 2. The molecule has 1 aliphatic rings. The lowest BCUT2D eigenvalue weighted by atomic mass is 9.81. The van der Waals surface area contributed by atoms with Crippen LogP contribution in [0.25, 0.3) is 0 Å². The van der Waals surface area contributed by atoms with Gasteiger partial charge in [0.2, 0.25) is 5.91 Å². The average molecular weight is 559 g/mol. The zero-order valence-corrected chi connectivity index (χ0v) is 22.5. The van der Waals surface area contributed by atoms with Crippen LogP contribution in [-0.4, -0.2) is 50.6 Å². The first-order valence-corrected chi connectivity index (χ1v) is 13.4. The Morgan fingerprint density at radius 1 is 1.14 bits per heavy atom. The van der Waals surface area contributed by atoms with Crippen molar-refractivity contribution in [3.05, 3.63) is 58.6 Å². The Morgan fingerprint density at radius 2 is 1.78 bits per heavy atom. The zero-order valence-electron chi connectivity index (χ0n) is 20.9. The third kappa shape index (κ3) is 7.54. The van der Waals surface area contributed by atoms with E-state index in [0.717, 1.165) is 12.5 Å². The second kappa shape index (κ2) is 11.2. The number of amides is 2. The lowest BCUT2D eigenvalue weighted by Gasteiger charge is -2.39. The molecule has 2 amide bonds. The smallest absolute Gasteiger partial charge is 0.410 e. The van der Waals surface area contributed by atoms with Crippen LogP contribution in [0.4, 0.5) is 13.6 Å². The van der Waals surface area contributed by atoms with Crippen LogP contribution in [0, 0.1) is 17.6 Å². The highest BCUT2D eigenvalue weighted by Gasteiger charge is 2.35. The van der Waals surface area contributed by atoms with Crippen molar-refractivity contribution in [3.63, 3.8) is 0 Å². The first-order chi connectivity index (χ1) is 17.2. The number of ether oxygens (including phenoxy) is 2. The van der Waals surface area contributed by atoms with Crippen molar-refractivity contribution in [2.24, 2.45) is 5.92 Å². The number of hydrogen-bond donors (Lipinski definition) is 1. The second-order valence-corrected chi connectivity index (χ2v) is 11.9. The molecule has 1 fully saturated rings. The minimum atomic E-state index is -4.58. The predicted molar refractivity (Wildman–Crippen MR) is 133 cm³/mol. The molecule has 0 aliphatic carbocycles. The van der Waals surface area contributed by atoms with Crippen LogP contribution in [0.2, 0.25) is 5.02 Å². The molecule has 0 aromatic heterocycles. The fourth-order valence-corrected chi connectivity index (χ4v) is 5.30. The molecule has 2 aromatic rings. The summed E-state index contributed by atoms with van der Waals surface area (Å²) in [5.41, 5.74) is 0.265. The van der Waals surface area contributed by atoms with Gasteiger partial charge in [0.05, 0.1) is 6.61 Å². The number of nitrogens with one attached hydrogen (secondary N) is 1. The van der Waals surface area contributed by atoms with E-state index in [1.807, 2.05) is 12.1 Å². The third-order valence-electron chi connectivity index (χ3n) is 5.69. The summed E-state index contributed by atoms with van der Waals surface area (Å²) in [6, 6.07) is 8.31. The van der Waals surface area contributed by atoms with Crippen LogP contribution >= 0.6 is 11.6 Å². The van der Waals surface area contributed by atoms with E-state index >= 15 is 0 Å². The predicted octanol–water partition coefficient (Wildman–Crippen LogP) is 4.86. The van der Waals surface area contributed by atoms with Crippen molar-refractivity contribution in [2.75, 3.05) is 19.7 Å². The van der Waals surface area contributed by atoms with Crippen molar-refractivity contribution >= 4 is 33.6 Å². The maximum absolute atomic E-state index is 14.7. The zero-order chi connectivity index (χ0) is 27.5. The van der Waals surface area contributed by atoms with Gasteiger partial charge in [-0.1, -0.05) is 23.7 Å². The highest BCUT2D eigenvalue weighted by atomic mass is 35.5. The number of nitrogens with zero attached hydrogens (tertiary/aromatic N) is 1. The van der Waals surface area contributed by atoms with Crippen LogP contribution in [0.5, 0.6) is 5.75 Å². The van der Waals surface area contributed by atoms with Gasteiger partial charge in [0, 0.05) is 43.1 Å². The molecule has 8 nitrogen and oxygen atoms in total. The Morgan fingerprint density at radius 3 is 2.38 bits per heavy atom. The summed E-state index contributed by atoms with van der Waals surface area (Å²) < 4.78 is 66.2. The Hall–Kier alpha value is -2.92. The van der Waals surface area contributed by atoms with E-state index in [9.17, 15) is 26.8 Å². The molecule has 37 heavy (non-hydrogen) atoms. The average Bonchev–Trinajstić information content (AvgIpc) is 2.77. The van der Waals surface area contributed by atoms with E-state index in [0.29, 0.717) is 30.1 Å². The summed E-state index contributed by atoms with van der Waals surface area (Å²) in [6.07, 6.45) is 0.0800. The Balaban J connectivity index is 1.83. The Kier molecular flexibility index (Phi) is 8.69. The topological polar surface area (TPSA) is 102 Å². The number of likely N-dealkylation sites (tertiary alicyclic amines) is 1. The highest BCUT2D eigenvalue weighted by molar-refractivity contribution is 7.90. The van der Waals surface area contributed by atoms with E-state index in [-0.39, 0.29) is 25.0 Å². The summed E-state index contributed by atoms with van der Waals surface area (Å²) in [6.45, 7) is 6.79. The quantitative estimate of drug-likeness (QED) is 0.543. The van der Waals surface area contributed by atoms with Gasteiger partial charge >= 0.3 is 6.09 Å². The van der Waals surface area contributed by atoms with Gasteiger partial charge in [-0.3, -0.25) is 4.79 Å². The summed E-state index contributed by atoms with van der Waals surface area (Å²) in [5, 5.41) is 0.564. The number of rotatable bonds is 6. The first-order valence-electron chi connectivity index (χ1n) is 11.5. The Labute approximate surface area is 219 Å².